The van der Waals surface area contributed by atoms with Gasteiger partial charge in [-0.05, 0) is 34.0 Å². The van der Waals surface area contributed by atoms with Crippen LogP contribution < -0.4 is 5.32 Å². The highest BCUT2D eigenvalue weighted by Gasteiger charge is 2.21. The molecule has 1 amide bonds. The summed E-state index contributed by atoms with van der Waals surface area (Å²) in [4.78, 5) is 11.3. The van der Waals surface area contributed by atoms with Gasteiger partial charge in [0.1, 0.15) is 10.7 Å². The molecule has 0 spiro atoms. The maximum atomic E-state index is 13.5. The number of halogens is 3. The van der Waals surface area contributed by atoms with Gasteiger partial charge in [-0.15, -0.1) is 0 Å². The first-order chi connectivity index (χ1) is 9.16. The van der Waals surface area contributed by atoms with E-state index in [2.05, 4.69) is 21.2 Å². The normalized spacial score (nSPS) is 13.1. The zero-order chi connectivity index (χ0) is 15.5. The standard InChI is InChI=1S/C12H14BrClFNO3S/c1-3-7(2)6-16-12(17)8-4-11(20(14,18)19)10(15)5-9(8)13/h4-5,7H,3,6H2,1-2H3,(H,16,17). The highest BCUT2D eigenvalue weighted by atomic mass is 79.9. The second-order valence-electron chi connectivity index (χ2n) is 4.42. The molecule has 1 rings (SSSR count). The first-order valence-electron chi connectivity index (χ1n) is 5.88. The van der Waals surface area contributed by atoms with E-state index in [1.165, 1.54) is 0 Å². The lowest BCUT2D eigenvalue weighted by Gasteiger charge is -2.12. The summed E-state index contributed by atoms with van der Waals surface area (Å²) < 4.78 is 36.2. The maximum Gasteiger partial charge on any atom is 0.264 e. The molecule has 0 radical (unpaired) electrons. The van der Waals surface area contributed by atoms with Crippen LogP contribution in [0.25, 0.3) is 0 Å². The van der Waals surface area contributed by atoms with E-state index in [0.717, 1.165) is 18.6 Å². The lowest BCUT2D eigenvalue weighted by atomic mass is 10.1. The van der Waals surface area contributed by atoms with Gasteiger partial charge in [0.15, 0.2) is 0 Å². The fraction of sp³-hybridized carbons (Fsp3) is 0.417. The van der Waals surface area contributed by atoms with Crippen molar-refractivity contribution in [2.75, 3.05) is 6.54 Å². The third-order valence-electron chi connectivity index (χ3n) is 2.84. The molecule has 0 saturated carbocycles. The molecule has 0 saturated heterocycles. The molecule has 0 aliphatic rings. The van der Waals surface area contributed by atoms with Crippen LogP contribution in [0.4, 0.5) is 4.39 Å². The van der Waals surface area contributed by atoms with Gasteiger partial charge in [-0.25, -0.2) is 12.8 Å². The predicted octanol–water partition coefficient (Wildman–Crippen LogP) is 3.29. The number of carbonyl (C=O) groups excluding carboxylic acids is 1. The van der Waals surface area contributed by atoms with Crippen molar-refractivity contribution < 1.29 is 17.6 Å². The molecule has 0 aliphatic carbocycles. The maximum absolute atomic E-state index is 13.5. The summed E-state index contributed by atoms with van der Waals surface area (Å²) in [6, 6.07) is 1.83. The zero-order valence-corrected chi connectivity index (χ0v) is 14.1. The highest BCUT2D eigenvalue weighted by molar-refractivity contribution is 9.10. The zero-order valence-electron chi connectivity index (χ0n) is 10.9. The van der Waals surface area contributed by atoms with Crippen molar-refractivity contribution in [1.29, 1.82) is 0 Å². The topological polar surface area (TPSA) is 63.2 Å². The molecular weight excluding hydrogens is 373 g/mol. The first kappa shape index (κ1) is 17.4. The summed E-state index contributed by atoms with van der Waals surface area (Å²) in [6.45, 7) is 4.40. The molecule has 0 aliphatic heterocycles. The van der Waals surface area contributed by atoms with E-state index in [1.807, 2.05) is 13.8 Å². The van der Waals surface area contributed by atoms with Crippen LogP contribution in [0.3, 0.4) is 0 Å². The van der Waals surface area contributed by atoms with Crippen LogP contribution in [-0.4, -0.2) is 20.9 Å². The first-order valence-corrected chi connectivity index (χ1v) is 8.99. The summed E-state index contributed by atoms with van der Waals surface area (Å²) in [5, 5.41) is 2.66. The number of benzene rings is 1. The average Bonchev–Trinajstić information content (AvgIpc) is 2.33. The average molecular weight is 387 g/mol. The van der Waals surface area contributed by atoms with Crippen molar-refractivity contribution in [3.63, 3.8) is 0 Å². The van der Waals surface area contributed by atoms with E-state index in [-0.39, 0.29) is 16.0 Å². The van der Waals surface area contributed by atoms with Crippen LogP contribution in [0.15, 0.2) is 21.5 Å². The quantitative estimate of drug-likeness (QED) is 0.790. The third-order valence-corrected chi connectivity index (χ3v) is 4.83. The second kappa shape index (κ2) is 6.87. The summed E-state index contributed by atoms with van der Waals surface area (Å²) in [7, 11) is 0.882. The summed E-state index contributed by atoms with van der Waals surface area (Å²) in [6.07, 6.45) is 0.895. The Kier molecular flexibility index (Phi) is 5.97. The van der Waals surface area contributed by atoms with Crippen LogP contribution in [0, 0.1) is 11.7 Å². The molecule has 112 valence electrons. The highest BCUT2D eigenvalue weighted by Crippen LogP contribution is 2.26. The molecule has 0 bridgehead atoms. The van der Waals surface area contributed by atoms with E-state index in [1.54, 1.807) is 0 Å². The molecule has 4 nitrogen and oxygen atoms in total. The Labute approximate surface area is 130 Å². The molecule has 1 aromatic rings. The molecule has 0 fully saturated rings. The second-order valence-corrected chi connectivity index (χ2v) is 7.81. The minimum atomic E-state index is -4.25. The minimum Gasteiger partial charge on any atom is -0.352 e. The van der Waals surface area contributed by atoms with Crippen LogP contribution in [-0.2, 0) is 9.05 Å². The third kappa shape index (κ3) is 4.43. The van der Waals surface area contributed by atoms with Crippen LogP contribution in [0.5, 0.6) is 0 Å². The molecule has 20 heavy (non-hydrogen) atoms. The lowest BCUT2D eigenvalue weighted by molar-refractivity contribution is 0.0946. The Hall–Kier alpha value is -0.660. The Morgan fingerprint density at radius 3 is 2.60 bits per heavy atom. The molecule has 0 heterocycles. The van der Waals surface area contributed by atoms with E-state index >= 15 is 0 Å². The summed E-state index contributed by atoms with van der Waals surface area (Å²) >= 11 is 3.03. The molecule has 8 heteroatoms. The Bertz CT molecular complexity index is 621. The molecule has 1 unspecified atom stereocenters. The molecule has 1 aromatic carbocycles. The fourth-order valence-electron chi connectivity index (χ4n) is 1.40. The van der Waals surface area contributed by atoms with Crippen LogP contribution in [0.1, 0.15) is 30.6 Å². The van der Waals surface area contributed by atoms with E-state index in [9.17, 15) is 17.6 Å². The van der Waals surface area contributed by atoms with Crippen LogP contribution in [0.2, 0.25) is 0 Å². The van der Waals surface area contributed by atoms with Crippen molar-refractivity contribution in [1.82, 2.24) is 5.32 Å². The number of rotatable bonds is 5. The lowest BCUT2D eigenvalue weighted by Crippen LogP contribution is -2.28. The number of hydrogen-bond donors (Lipinski definition) is 1. The van der Waals surface area contributed by atoms with Gasteiger partial charge in [0.25, 0.3) is 15.0 Å². The number of carbonyl (C=O) groups is 1. The predicted molar refractivity (Wildman–Crippen MR) is 78.9 cm³/mol. The smallest absolute Gasteiger partial charge is 0.264 e. The van der Waals surface area contributed by atoms with Crippen molar-refractivity contribution in [2.45, 2.75) is 25.2 Å². The van der Waals surface area contributed by atoms with Crippen molar-refractivity contribution in [3.8, 4) is 0 Å². The minimum absolute atomic E-state index is 0.0222. The van der Waals surface area contributed by atoms with E-state index in [4.69, 9.17) is 10.7 Å². The fourth-order valence-corrected chi connectivity index (χ4v) is 2.80. The van der Waals surface area contributed by atoms with Crippen molar-refractivity contribution >= 4 is 41.6 Å². The van der Waals surface area contributed by atoms with Gasteiger partial charge in [-0.2, -0.15) is 0 Å². The summed E-state index contributed by atoms with van der Waals surface area (Å²) in [5.74, 6) is -1.21. The Morgan fingerprint density at radius 2 is 2.10 bits per heavy atom. The van der Waals surface area contributed by atoms with Gasteiger partial charge in [-0.3, -0.25) is 4.79 Å². The van der Waals surface area contributed by atoms with Gasteiger partial charge in [0.2, 0.25) is 0 Å². The number of nitrogens with one attached hydrogen (secondary N) is 1. The van der Waals surface area contributed by atoms with Gasteiger partial charge in [0, 0.05) is 21.7 Å². The SMILES string of the molecule is CCC(C)CNC(=O)c1cc(S(=O)(=O)Cl)c(F)cc1Br. The van der Waals surface area contributed by atoms with E-state index in [0.29, 0.717) is 6.54 Å². The van der Waals surface area contributed by atoms with Crippen molar-refractivity contribution in [2.24, 2.45) is 5.92 Å². The Balaban J connectivity index is 3.10. The largest absolute Gasteiger partial charge is 0.352 e. The Morgan fingerprint density at radius 1 is 1.50 bits per heavy atom. The molecule has 1 N–H and O–H groups in total. The number of amides is 1. The van der Waals surface area contributed by atoms with Crippen molar-refractivity contribution in [3.05, 3.63) is 28.0 Å². The van der Waals surface area contributed by atoms with Gasteiger partial charge in [-0.1, -0.05) is 20.3 Å². The van der Waals surface area contributed by atoms with Crippen LogP contribution >= 0.6 is 26.6 Å². The molecule has 0 aromatic heterocycles. The summed E-state index contributed by atoms with van der Waals surface area (Å²) in [5.41, 5.74) is 0.0222. The van der Waals surface area contributed by atoms with E-state index < -0.39 is 25.7 Å². The molecule has 1 atom stereocenters. The van der Waals surface area contributed by atoms with Gasteiger partial charge >= 0.3 is 0 Å². The van der Waals surface area contributed by atoms with Gasteiger partial charge in [0.05, 0.1) is 5.56 Å². The van der Waals surface area contributed by atoms with Gasteiger partial charge < -0.3 is 5.32 Å². The number of hydrogen-bond acceptors (Lipinski definition) is 3. The molecular formula is C12H14BrClFNO3S. The monoisotopic (exact) mass is 385 g/mol.